The third-order valence-electron chi connectivity index (χ3n) is 2.86. The zero-order valence-corrected chi connectivity index (χ0v) is 12.5. The van der Waals surface area contributed by atoms with E-state index in [1.807, 2.05) is 0 Å². The average Bonchev–Trinajstić information content (AvgIpc) is 2.62. The molecule has 1 N–H and O–H groups in total. The van der Waals surface area contributed by atoms with Gasteiger partial charge in [0.1, 0.15) is 0 Å². The summed E-state index contributed by atoms with van der Waals surface area (Å²) >= 11 is 5.25. The first-order valence-electron chi connectivity index (χ1n) is 5.60. The second-order valence-corrected chi connectivity index (χ2v) is 6.98. The van der Waals surface area contributed by atoms with Crippen LogP contribution in [-0.4, -0.2) is 36.2 Å². The van der Waals surface area contributed by atoms with Crippen molar-refractivity contribution in [3.05, 3.63) is 20.8 Å². The van der Waals surface area contributed by atoms with Crippen LogP contribution in [-0.2, 0) is 6.42 Å². The zero-order chi connectivity index (χ0) is 12.1. The summed E-state index contributed by atoms with van der Waals surface area (Å²) in [5.41, 5.74) is 0. The van der Waals surface area contributed by atoms with Crippen molar-refractivity contribution in [3.63, 3.8) is 0 Å². The molecule has 1 rings (SSSR count). The molecule has 1 aromatic rings. The van der Waals surface area contributed by atoms with Crippen molar-refractivity contribution in [2.24, 2.45) is 5.92 Å². The van der Waals surface area contributed by atoms with E-state index in [0.29, 0.717) is 5.92 Å². The first-order valence-corrected chi connectivity index (χ1v) is 7.21. The maximum atomic E-state index is 9.32. The lowest BCUT2D eigenvalue weighted by atomic mass is 10.0. The van der Waals surface area contributed by atoms with Gasteiger partial charge in [0.25, 0.3) is 0 Å². The summed E-state index contributed by atoms with van der Waals surface area (Å²) < 4.78 is 1.19. The summed E-state index contributed by atoms with van der Waals surface area (Å²) in [5.74, 6) is 0.491. The smallest absolute Gasteiger partial charge is 0.0701 e. The summed E-state index contributed by atoms with van der Waals surface area (Å²) in [6.07, 6.45) is 1.05. The predicted molar refractivity (Wildman–Crippen MR) is 74.1 cm³/mol. The van der Waals surface area contributed by atoms with Gasteiger partial charge in [-0.3, -0.25) is 0 Å². The molecular formula is C12H20BrNOS. The molecule has 0 spiro atoms. The Morgan fingerprint density at radius 1 is 1.44 bits per heavy atom. The van der Waals surface area contributed by atoms with E-state index in [2.05, 4.69) is 53.9 Å². The molecule has 0 bridgehead atoms. The lowest BCUT2D eigenvalue weighted by Crippen LogP contribution is -2.39. The molecule has 16 heavy (non-hydrogen) atoms. The standard InChI is InChI=1S/C12H20BrNOS/c1-9(2)11(8-15)14(3)7-6-10-4-5-12(13)16-10/h4-5,9,11,15H,6-8H2,1-3H3. The Bertz CT molecular complexity index is 314. The van der Waals surface area contributed by atoms with Crippen LogP contribution in [0.3, 0.4) is 0 Å². The molecule has 92 valence electrons. The van der Waals surface area contributed by atoms with Crippen molar-refractivity contribution >= 4 is 27.3 Å². The predicted octanol–water partition coefficient (Wildman–Crippen LogP) is 3.00. The van der Waals surface area contributed by atoms with Crippen LogP contribution in [0.2, 0.25) is 0 Å². The van der Waals surface area contributed by atoms with E-state index in [4.69, 9.17) is 0 Å². The summed E-state index contributed by atoms with van der Waals surface area (Å²) in [6.45, 7) is 5.54. The molecule has 0 saturated heterocycles. The molecule has 1 unspecified atom stereocenters. The Morgan fingerprint density at radius 3 is 2.56 bits per heavy atom. The first kappa shape index (κ1) is 14.2. The van der Waals surface area contributed by atoms with Crippen LogP contribution in [0, 0.1) is 5.92 Å². The SMILES string of the molecule is CC(C)C(CO)N(C)CCc1ccc(Br)s1. The van der Waals surface area contributed by atoms with E-state index >= 15 is 0 Å². The normalized spacial score (nSPS) is 13.7. The van der Waals surface area contributed by atoms with Crippen LogP contribution in [0.1, 0.15) is 18.7 Å². The number of nitrogens with zero attached hydrogens (tertiary/aromatic N) is 1. The average molecular weight is 306 g/mol. The molecule has 0 amide bonds. The van der Waals surface area contributed by atoms with Crippen LogP contribution >= 0.6 is 27.3 Å². The number of aliphatic hydroxyl groups excluding tert-OH is 1. The number of likely N-dealkylation sites (N-methyl/N-ethyl adjacent to an activating group) is 1. The molecule has 0 aliphatic rings. The summed E-state index contributed by atoms with van der Waals surface area (Å²) in [6, 6.07) is 4.51. The molecule has 0 radical (unpaired) electrons. The fraction of sp³-hybridized carbons (Fsp3) is 0.667. The Kier molecular flexibility index (Phi) is 5.97. The van der Waals surface area contributed by atoms with Gasteiger partial charge in [0, 0.05) is 17.5 Å². The fourth-order valence-electron chi connectivity index (χ4n) is 1.80. The Balaban J connectivity index is 2.42. The van der Waals surface area contributed by atoms with Crippen LogP contribution in [0.15, 0.2) is 15.9 Å². The van der Waals surface area contributed by atoms with Gasteiger partial charge in [0.2, 0.25) is 0 Å². The Labute approximate surface area is 110 Å². The third-order valence-corrected chi connectivity index (χ3v) is 4.55. The van der Waals surface area contributed by atoms with Crippen molar-refractivity contribution in [1.29, 1.82) is 0 Å². The van der Waals surface area contributed by atoms with Crippen molar-refractivity contribution in [2.75, 3.05) is 20.2 Å². The van der Waals surface area contributed by atoms with Gasteiger partial charge in [-0.2, -0.15) is 0 Å². The topological polar surface area (TPSA) is 23.5 Å². The number of rotatable bonds is 6. The Morgan fingerprint density at radius 2 is 2.12 bits per heavy atom. The van der Waals surface area contributed by atoms with Gasteiger partial charge in [-0.25, -0.2) is 0 Å². The molecule has 1 heterocycles. The van der Waals surface area contributed by atoms with Gasteiger partial charge in [-0.1, -0.05) is 13.8 Å². The van der Waals surface area contributed by atoms with Crippen molar-refractivity contribution in [1.82, 2.24) is 4.90 Å². The van der Waals surface area contributed by atoms with Gasteiger partial charge < -0.3 is 10.0 Å². The highest BCUT2D eigenvalue weighted by Crippen LogP contribution is 2.22. The van der Waals surface area contributed by atoms with E-state index in [-0.39, 0.29) is 12.6 Å². The highest BCUT2D eigenvalue weighted by molar-refractivity contribution is 9.11. The number of halogens is 1. The van der Waals surface area contributed by atoms with E-state index in [9.17, 15) is 5.11 Å². The lowest BCUT2D eigenvalue weighted by Gasteiger charge is -2.29. The zero-order valence-electron chi connectivity index (χ0n) is 10.1. The number of aliphatic hydroxyl groups is 1. The highest BCUT2D eigenvalue weighted by atomic mass is 79.9. The van der Waals surface area contributed by atoms with Crippen molar-refractivity contribution in [3.8, 4) is 0 Å². The van der Waals surface area contributed by atoms with E-state index in [1.54, 1.807) is 11.3 Å². The van der Waals surface area contributed by atoms with E-state index in [1.165, 1.54) is 8.66 Å². The minimum Gasteiger partial charge on any atom is -0.395 e. The molecule has 0 aliphatic carbocycles. The quantitative estimate of drug-likeness (QED) is 0.873. The second-order valence-electron chi connectivity index (χ2n) is 4.43. The molecule has 1 atom stereocenters. The molecule has 0 aromatic carbocycles. The van der Waals surface area contributed by atoms with Gasteiger partial charge >= 0.3 is 0 Å². The largest absolute Gasteiger partial charge is 0.395 e. The maximum absolute atomic E-state index is 9.32. The summed E-state index contributed by atoms with van der Waals surface area (Å²) in [5, 5.41) is 9.32. The molecule has 0 aliphatic heterocycles. The molecular weight excluding hydrogens is 286 g/mol. The van der Waals surface area contributed by atoms with Gasteiger partial charge in [-0.15, -0.1) is 11.3 Å². The van der Waals surface area contributed by atoms with E-state index < -0.39 is 0 Å². The van der Waals surface area contributed by atoms with Crippen molar-refractivity contribution < 1.29 is 5.11 Å². The van der Waals surface area contributed by atoms with Crippen molar-refractivity contribution in [2.45, 2.75) is 26.3 Å². The van der Waals surface area contributed by atoms with Gasteiger partial charge in [0.05, 0.1) is 10.4 Å². The summed E-state index contributed by atoms with van der Waals surface area (Å²) in [4.78, 5) is 3.64. The molecule has 0 fully saturated rings. The van der Waals surface area contributed by atoms with Crippen LogP contribution in [0.4, 0.5) is 0 Å². The third kappa shape index (κ3) is 4.17. The minimum atomic E-state index is 0.238. The van der Waals surface area contributed by atoms with Gasteiger partial charge in [0.15, 0.2) is 0 Å². The van der Waals surface area contributed by atoms with E-state index in [0.717, 1.165) is 13.0 Å². The molecule has 4 heteroatoms. The minimum absolute atomic E-state index is 0.238. The van der Waals surface area contributed by atoms with Crippen LogP contribution in [0.25, 0.3) is 0 Å². The number of hydrogen-bond donors (Lipinski definition) is 1. The number of thiophene rings is 1. The molecule has 1 aromatic heterocycles. The lowest BCUT2D eigenvalue weighted by molar-refractivity contribution is 0.114. The highest BCUT2D eigenvalue weighted by Gasteiger charge is 2.17. The van der Waals surface area contributed by atoms with Crippen LogP contribution < -0.4 is 0 Å². The fourth-order valence-corrected chi connectivity index (χ4v) is 3.27. The monoisotopic (exact) mass is 305 g/mol. The first-order chi connectivity index (χ1) is 7.54. The molecule has 2 nitrogen and oxygen atoms in total. The second kappa shape index (κ2) is 6.74. The maximum Gasteiger partial charge on any atom is 0.0701 e. The van der Waals surface area contributed by atoms with Gasteiger partial charge in [-0.05, 0) is 47.4 Å². The molecule has 0 saturated carbocycles. The Hall–Kier alpha value is 0.1000. The summed E-state index contributed by atoms with van der Waals surface area (Å²) in [7, 11) is 2.09. The van der Waals surface area contributed by atoms with Crippen LogP contribution in [0.5, 0.6) is 0 Å². The number of hydrogen-bond acceptors (Lipinski definition) is 3.